The molecule has 1 aliphatic carbocycles. The maximum atomic E-state index is 11.8. The highest BCUT2D eigenvalue weighted by Crippen LogP contribution is 2.26. The van der Waals surface area contributed by atoms with E-state index in [9.17, 15) is 9.59 Å². The quantitative estimate of drug-likeness (QED) is 0.802. The van der Waals surface area contributed by atoms with Crippen LogP contribution in [0.5, 0.6) is 5.75 Å². The van der Waals surface area contributed by atoms with Gasteiger partial charge in [0.05, 0.1) is 19.3 Å². The molecule has 0 bridgehead atoms. The highest BCUT2D eigenvalue weighted by atomic mass is 16.6. The predicted molar refractivity (Wildman–Crippen MR) is 98.4 cm³/mol. The molecule has 0 radical (unpaired) electrons. The van der Waals surface area contributed by atoms with E-state index in [0.29, 0.717) is 23.8 Å². The van der Waals surface area contributed by atoms with Gasteiger partial charge in [0.25, 0.3) is 0 Å². The summed E-state index contributed by atoms with van der Waals surface area (Å²) >= 11 is 0. The second-order valence-electron chi connectivity index (χ2n) is 7.69. The standard InChI is InChI=1S/C20H29NO5/c1-20(2,3)26-19(23)21-16-10-8-14(9-11-16)13-25-17-7-5-6-15(12-17)18(22)24-4/h5-7,12,14,16H,8-11,13H2,1-4H3,(H,21,23). The van der Waals surface area contributed by atoms with Crippen LogP contribution in [0.1, 0.15) is 56.8 Å². The normalized spacial score (nSPS) is 20.2. The Morgan fingerprint density at radius 1 is 1.15 bits per heavy atom. The summed E-state index contributed by atoms with van der Waals surface area (Å²) in [6.45, 7) is 6.17. The molecule has 0 spiro atoms. The molecule has 0 aromatic heterocycles. The summed E-state index contributed by atoms with van der Waals surface area (Å²) in [5, 5.41) is 2.94. The third-order valence-corrected chi connectivity index (χ3v) is 4.31. The Hall–Kier alpha value is -2.24. The summed E-state index contributed by atoms with van der Waals surface area (Å²) < 4.78 is 15.9. The van der Waals surface area contributed by atoms with Crippen LogP contribution in [0.4, 0.5) is 4.79 Å². The number of rotatable bonds is 5. The SMILES string of the molecule is COC(=O)c1cccc(OCC2CCC(NC(=O)OC(C)(C)C)CC2)c1. The van der Waals surface area contributed by atoms with Crippen LogP contribution in [0.15, 0.2) is 24.3 Å². The van der Waals surface area contributed by atoms with Gasteiger partial charge in [0, 0.05) is 6.04 Å². The number of hydrogen-bond donors (Lipinski definition) is 1. The van der Waals surface area contributed by atoms with Gasteiger partial charge in [-0.15, -0.1) is 0 Å². The monoisotopic (exact) mass is 363 g/mol. The van der Waals surface area contributed by atoms with E-state index < -0.39 is 5.60 Å². The van der Waals surface area contributed by atoms with Crippen molar-refractivity contribution in [2.75, 3.05) is 13.7 Å². The van der Waals surface area contributed by atoms with E-state index in [1.54, 1.807) is 18.2 Å². The molecule has 0 atom stereocenters. The van der Waals surface area contributed by atoms with Crippen LogP contribution >= 0.6 is 0 Å². The van der Waals surface area contributed by atoms with E-state index in [1.165, 1.54) is 7.11 Å². The van der Waals surface area contributed by atoms with Crippen LogP contribution < -0.4 is 10.1 Å². The van der Waals surface area contributed by atoms with Crippen molar-refractivity contribution < 1.29 is 23.8 Å². The van der Waals surface area contributed by atoms with Gasteiger partial charge in [-0.05, 0) is 70.6 Å². The molecule has 1 fully saturated rings. The van der Waals surface area contributed by atoms with E-state index in [-0.39, 0.29) is 18.1 Å². The lowest BCUT2D eigenvalue weighted by Gasteiger charge is -2.30. The lowest BCUT2D eigenvalue weighted by molar-refractivity contribution is 0.0482. The van der Waals surface area contributed by atoms with Crippen LogP contribution in [-0.4, -0.2) is 37.4 Å². The Kier molecular flexibility index (Phi) is 6.89. The Labute approximate surface area is 155 Å². The number of amides is 1. The fourth-order valence-corrected chi connectivity index (χ4v) is 2.99. The predicted octanol–water partition coefficient (Wildman–Crippen LogP) is 3.94. The molecule has 0 heterocycles. The summed E-state index contributed by atoms with van der Waals surface area (Å²) in [4.78, 5) is 23.4. The zero-order valence-corrected chi connectivity index (χ0v) is 16.0. The molecule has 1 aromatic carbocycles. The van der Waals surface area contributed by atoms with Gasteiger partial charge in [0.15, 0.2) is 0 Å². The van der Waals surface area contributed by atoms with Crippen LogP contribution in [0.2, 0.25) is 0 Å². The molecule has 1 N–H and O–H groups in total. The van der Waals surface area contributed by atoms with Crippen LogP contribution in [0.25, 0.3) is 0 Å². The molecule has 0 unspecified atom stereocenters. The lowest BCUT2D eigenvalue weighted by atomic mass is 9.86. The molecule has 26 heavy (non-hydrogen) atoms. The summed E-state index contributed by atoms with van der Waals surface area (Å²) in [5.41, 5.74) is 0.00342. The Balaban J connectivity index is 1.74. The van der Waals surface area contributed by atoms with Crippen LogP contribution in [0.3, 0.4) is 0 Å². The van der Waals surface area contributed by atoms with Crippen molar-refractivity contribution in [3.05, 3.63) is 29.8 Å². The topological polar surface area (TPSA) is 73.9 Å². The number of ether oxygens (including phenoxy) is 3. The van der Waals surface area contributed by atoms with Gasteiger partial charge in [-0.25, -0.2) is 9.59 Å². The average molecular weight is 363 g/mol. The molecule has 6 nitrogen and oxygen atoms in total. The first-order valence-electron chi connectivity index (χ1n) is 9.07. The summed E-state index contributed by atoms with van der Waals surface area (Å²) in [5.74, 6) is 0.736. The first-order chi connectivity index (χ1) is 12.3. The first kappa shape index (κ1) is 20.1. The zero-order chi connectivity index (χ0) is 19.2. The molecular weight excluding hydrogens is 334 g/mol. The minimum absolute atomic E-state index is 0.156. The number of carbonyl (C=O) groups excluding carboxylic acids is 2. The van der Waals surface area contributed by atoms with E-state index in [4.69, 9.17) is 14.2 Å². The van der Waals surface area contributed by atoms with Gasteiger partial charge < -0.3 is 19.5 Å². The smallest absolute Gasteiger partial charge is 0.407 e. The van der Waals surface area contributed by atoms with Crippen molar-refractivity contribution >= 4 is 12.1 Å². The Bertz CT molecular complexity index is 615. The van der Waals surface area contributed by atoms with Crippen molar-refractivity contribution in [3.63, 3.8) is 0 Å². The van der Waals surface area contributed by atoms with E-state index >= 15 is 0 Å². The van der Waals surface area contributed by atoms with Crippen LogP contribution in [-0.2, 0) is 9.47 Å². The van der Waals surface area contributed by atoms with Crippen LogP contribution in [0, 0.1) is 5.92 Å². The fourth-order valence-electron chi connectivity index (χ4n) is 2.99. The van der Waals surface area contributed by atoms with Gasteiger partial charge >= 0.3 is 12.1 Å². The number of methoxy groups -OCH3 is 1. The number of hydrogen-bond acceptors (Lipinski definition) is 5. The maximum Gasteiger partial charge on any atom is 0.407 e. The van der Waals surface area contributed by atoms with Gasteiger partial charge in [-0.3, -0.25) is 0 Å². The number of alkyl carbamates (subject to hydrolysis) is 1. The van der Waals surface area contributed by atoms with Crippen molar-refractivity contribution in [1.29, 1.82) is 0 Å². The fraction of sp³-hybridized carbons (Fsp3) is 0.600. The molecule has 1 amide bonds. The van der Waals surface area contributed by atoms with Gasteiger partial charge in [0.1, 0.15) is 11.4 Å². The van der Waals surface area contributed by atoms with Crippen molar-refractivity contribution in [2.45, 2.75) is 58.1 Å². The highest BCUT2D eigenvalue weighted by Gasteiger charge is 2.25. The highest BCUT2D eigenvalue weighted by molar-refractivity contribution is 5.89. The maximum absolute atomic E-state index is 11.8. The Morgan fingerprint density at radius 3 is 2.46 bits per heavy atom. The molecule has 144 valence electrons. The van der Waals surface area contributed by atoms with Gasteiger partial charge in [0.2, 0.25) is 0 Å². The largest absolute Gasteiger partial charge is 0.493 e. The third kappa shape index (κ3) is 6.58. The average Bonchev–Trinajstić information content (AvgIpc) is 2.59. The minimum atomic E-state index is -0.478. The van der Waals surface area contributed by atoms with E-state index in [1.807, 2.05) is 26.8 Å². The molecule has 1 aliphatic rings. The van der Waals surface area contributed by atoms with Gasteiger partial charge in [-0.2, -0.15) is 0 Å². The number of carbonyl (C=O) groups is 2. The molecule has 1 aromatic rings. The van der Waals surface area contributed by atoms with Gasteiger partial charge in [-0.1, -0.05) is 6.07 Å². The zero-order valence-electron chi connectivity index (χ0n) is 16.0. The molecule has 0 aliphatic heterocycles. The summed E-state index contributed by atoms with van der Waals surface area (Å²) in [6, 6.07) is 7.17. The molecule has 2 rings (SSSR count). The Morgan fingerprint density at radius 2 is 1.85 bits per heavy atom. The van der Waals surface area contributed by atoms with Crippen molar-refractivity contribution in [2.24, 2.45) is 5.92 Å². The van der Waals surface area contributed by atoms with Crippen molar-refractivity contribution in [3.8, 4) is 5.75 Å². The molecule has 6 heteroatoms. The third-order valence-electron chi connectivity index (χ3n) is 4.31. The lowest BCUT2D eigenvalue weighted by Crippen LogP contribution is -2.41. The first-order valence-corrected chi connectivity index (χ1v) is 9.07. The molecule has 1 saturated carbocycles. The van der Waals surface area contributed by atoms with E-state index in [2.05, 4.69) is 5.32 Å². The number of nitrogens with one attached hydrogen (secondary N) is 1. The molecular formula is C20H29NO5. The second-order valence-corrected chi connectivity index (χ2v) is 7.69. The number of benzene rings is 1. The van der Waals surface area contributed by atoms with Crippen molar-refractivity contribution in [1.82, 2.24) is 5.32 Å². The number of esters is 1. The summed E-state index contributed by atoms with van der Waals surface area (Å²) in [7, 11) is 1.36. The molecule has 0 saturated heterocycles. The minimum Gasteiger partial charge on any atom is -0.493 e. The van der Waals surface area contributed by atoms with E-state index in [0.717, 1.165) is 25.7 Å². The second kappa shape index (κ2) is 8.92. The summed E-state index contributed by atoms with van der Waals surface area (Å²) in [6.07, 6.45) is 3.44.